The summed E-state index contributed by atoms with van der Waals surface area (Å²) in [6.45, 7) is 8.40. The Morgan fingerprint density at radius 3 is 2.50 bits per heavy atom. The van der Waals surface area contributed by atoms with Crippen molar-refractivity contribution >= 4 is 29.1 Å². The first-order chi connectivity index (χ1) is 14.6. The minimum absolute atomic E-state index is 0.0840. The summed E-state index contributed by atoms with van der Waals surface area (Å²) < 4.78 is 5.39. The van der Waals surface area contributed by atoms with Gasteiger partial charge >= 0.3 is 0 Å². The van der Waals surface area contributed by atoms with Crippen LogP contribution in [-0.4, -0.2) is 98.6 Å². The number of nitrogens with zero attached hydrogens (tertiary/aromatic N) is 4. The molecule has 30 heavy (non-hydrogen) atoms. The highest BCUT2D eigenvalue weighted by Gasteiger charge is 2.34. The van der Waals surface area contributed by atoms with Crippen molar-refractivity contribution in [2.45, 2.75) is 12.8 Å². The number of hydrogen-bond donors (Lipinski definition) is 0. The van der Waals surface area contributed by atoms with Crippen molar-refractivity contribution in [3.63, 3.8) is 0 Å². The summed E-state index contributed by atoms with van der Waals surface area (Å²) >= 11 is 6.32. The average Bonchev–Trinajstić information content (AvgIpc) is 2.79. The lowest BCUT2D eigenvalue weighted by Crippen LogP contribution is -2.54. The first-order valence-corrected chi connectivity index (χ1v) is 11.4. The highest BCUT2D eigenvalue weighted by molar-refractivity contribution is 6.33. The van der Waals surface area contributed by atoms with Crippen LogP contribution in [-0.2, 0) is 14.3 Å². The molecule has 7 nitrogen and oxygen atoms in total. The van der Waals surface area contributed by atoms with Crippen molar-refractivity contribution in [2.24, 2.45) is 5.92 Å². The van der Waals surface area contributed by atoms with Gasteiger partial charge in [-0.3, -0.25) is 14.5 Å². The molecular formula is C22H31ClN4O3. The van der Waals surface area contributed by atoms with E-state index in [4.69, 9.17) is 16.3 Å². The van der Waals surface area contributed by atoms with Gasteiger partial charge in [0.25, 0.3) is 0 Å². The van der Waals surface area contributed by atoms with Crippen LogP contribution in [0.2, 0.25) is 5.02 Å². The zero-order chi connectivity index (χ0) is 20.9. The zero-order valence-electron chi connectivity index (χ0n) is 17.5. The molecule has 0 radical (unpaired) electrons. The Bertz CT molecular complexity index is 748. The SMILES string of the molecule is O=C1CC[C@@H](C(=O)N2CCN(c3ccccc3Cl)CC2)CN1CCN1CCOCC1. The number of benzene rings is 1. The number of piperazine rings is 1. The molecule has 1 aromatic carbocycles. The van der Waals surface area contributed by atoms with Crippen molar-refractivity contribution in [1.29, 1.82) is 0 Å². The molecule has 1 aromatic rings. The van der Waals surface area contributed by atoms with E-state index in [1.165, 1.54) is 0 Å². The fraction of sp³-hybridized carbons (Fsp3) is 0.636. The molecule has 3 saturated heterocycles. The quantitative estimate of drug-likeness (QED) is 0.704. The molecule has 1 atom stereocenters. The second-order valence-electron chi connectivity index (χ2n) is 8.29. The minimum Gasteiger partial charge on any atom is -0.379 e. The molecule has 4 rings (SSSR count). The molecule has 0 unspecified atom stereocenters. The van der Waals surface area contributed by atoms with Crippen molar-refractivity contribution in [3.05, 3.63) is 29.3 Å². The normalized spacial score (nSPS) is 23.7. The first kappa shape index (κ1) is 21.4. The Morgan fingerprint density at radius 2 is 1.77 bits per heavy atom. The number of morpholine rings is 1. The summed E-state index contributed by atoms with van der Waals surface area (Å²) in [5, 5.41) is 0.749. The van der Waals surface area contributed by atoms with Gasteiger partial charge in [0.05, 0.1) is 29.8 Å². The molecule has 164 valence electrons. The van der Waals surface area contributed by atoms with E-state index in [-0.39, 0.29) is 17.7 Å². The molecule has 0 spiro atoms. The molecule has 0 aromatic heterocycles. The lowest BCUT2D eigenvalue weighted by Gasteiger charge is -2.40. The maximum Gasteiger partial charge on any atom is 0.227 e. The van der Waals surface area contributed by atoms with Crippen LogP contribution < -0.4 is 4.90 Å². The Labute approximate surface area is 183 Å². The highest BCUT2D eigenvalue weighted by atomic mass is 35.5. The Hall–Kier alpha value is -1.83. The molecule has 0 bridgehead atoms. The second-order valence-corrected chi connectivity index (χ2v) is 8.70. The molecule has 0 N–H and O–H groups in total. The van der Waals surface area contributed by atoms with Gasteiger partial charge in [0.2, 0.25) is 11.8 Å². The zero-order valence-corrected chi connectivity index (χ0v) is 18.2. The van der Waals surface area contributed by atoms with E-state index in [1.54, 1.807) is 0 Å². The molecule has 0 aliphatic carbocycles. The summed E-state index contributed by atoms with van der Waals surface area (Å²) in [6.07, 6.45) is 1.13. The van der Waals surface area contributed by atoms with Crippen molar-refractivity contribution in [1.82, 2.24) is 14.7 Å². The van der Waals surface area contributed by atoms with Crippen LogP contribution >= 0.6 is 11.6 Å². The number of hydrogen-bond acceptors (Lipinski definition) is 5. The van der Waals surface area contributed by atoms with E-state index < -0.39 is 0 Å². The number of amides is 2. The summed E-state index contributed by atoms with van der Waals surface area (Å²) in [7, 11) is 0. The molecule has 2 amide bonds. The fourth-order valence-corrected chi connectivity index (χ4v) is 4.81. The number of halogens is 1. The van der Waals surface area contributed by atoms with Crippen LogP contribution in [0.3, 0.4) is 0 Å². The molecule has 0 saturated carbocycles. The molecule has 3 fully saturated rings. The third kappa shape index (κ3) is 5.07. The molecular weight excluding hydrogens is 404 g/mol. The van der Waals surface area contributed by atoms with Crippen molar-refractivity contribution < 1.29 is 14.3 Å². The second kappa shape index (κ2) is 9.98. The fourth-order valence-electron chi connectivity index (χ4n) is 4.55. The van der Waals surface area contributed by atoms with Gasteiger partial charge in [-0.2, -0.15) is 0 Å². The first-order valence-electron chi connectivity index (χ1n) is 11.0. The Balaban J connectivity index is 1.28. The number of anilines is 1. The number of likely N-dealkylation sites (tertiary alicyclic amines) is 1. The van der Waals surface area contributed by atoms with E-state index >= 15 is 0 Å². The van der Waals surface area contributed by atoms with E-state index in [0.29, 0.717) is 39.0 Å². The molecule has 3 aliphatic rings. The topological polar surface area (TPSA) is 56.3 Å². The maximum absolute atomic E-state index is 13.1. The number of carbonyl (C=O) groups excluding carboxylic acids is 2. The molecule has 3 aliphatic heterocycles. The average molecular weight is 435 g/mol. The van der Waals surface area contributed by atoms with Gasteiger partial charge < -0.3 is 19.4 Å². The number of ether oxygens (including phenoxy) is 1. The Kier molecular flexibility index (Phi) is 7.12. The summed E-state index contributed by atoms with van der Waals surface area (Å²) in [5.41, 5.74) is 1.03. The Morgan fingerprint density at radius 1 is 1.03 bits per heavy atom. The minimum atomic E-state index is -0.0840. The third-order valence-corrected chi connectivity index (χ3v) is 6.74. The van der Waals surface area contributed by atoms with Crippen LogP contribution in [0.5, 0.6) is 0 Å². The lowest BCUT2D eigenvalue weighted by atomic mass is 9.95. The standard InChI is InChI=1S/C22H31ClN4O3/c23-19-3-1-2-4-20(19)25-9-11-26(12-10-25)22(29)18-5-6-21(28)27(17-18)8-7-24-13-15-30-16-14-24/h1-4,18H,5-17H2/t18-/m1/s1. The number of para-hydroxylation sites is 1. The maximum atomic E-state index is 13.1. The lowest BCUT2D eigenvalue weighted by molar-refractivity contribution is -0.143. The van der Waals surface area contributed by atoms with Gasteiger partial charge in [-0.1, -0.05) is 23.7 Å². The van der Waals surface area contributed by atoms with Gasteiger partial charge in [-0.05, 0) is 18.6 Å². The van der Waals surface area contributed by atoms with Gasteiger partial charge in [0.15, 0.2) is 0 Å². The smallest absolute Gasteiger partial charge is 0.227 e. The van der Waals surface area contributed by atoms with Gasteiger partial charge in [0, 0.05) is 65.3 Å². The predicted molar refractivity (Wildman–Crippen MR) is 117 cm³/mol. The van der Waals surface area contributed by atoms with Crippen LogP contribution in [0.25, 0.3) is 0 Å². The van der Waals surface area contributed by atoms with Gasteiger partial charge in [-0.15, -0.1) is 0 Å². The number of carbonyl (C=O) groups is 2. The summed E-state index contributed by atoms with van der Waals surface area (Å²) in [6, 6.07) is 7.85. The molecule has 3 heterocycles. The molecule has 8 heteroatoms. The van der Waals surface area contributed by atoms with Crippen molar-refractivity contribution in [2.75, 3.05) is 77.0 Å². The van der Waals surface area contributed by atoms with Crippen LogP contribution in [0.4, 0.5) is 5.69 Å². The van der Waals surface area contributed by atoms with Gasteiger partial charge in [-0.25, -0.2) is 0 Å². The highest BCUT2D eigenvalue weighted by Crippen LogP contribution is 2.27. The number of rotatable bonds is 5. The van der Waals surface area contributed by atoms with E-state index in [9.17, 15) is 9.59 Å². The van der Waals surface area contributed by atoms with Crippen LogP contribution in [0, 0.1) is 5.92 Å². The van der Waals surface area contributed by atoms with Crippen LogP contribution in [0.1, 0.15) is 12.8 Å². The number of piperidine rings is 1. The van der Waals surface area contributed by atoms with E-state index in [0.717, 1.165) is 56.6 Å². The van der Waals surface area contributed by atoms with Crippen LogP contribution in [0.15, 0.2) is 24.3 Å². The van der Waals surface area contributed by atoms with Crippen molar-refractivity contribution in [3.8, 4) is 0 Å². The summed E-state index contributed by atoms with van der Waals surface area (Å²) in [4.78, 5) is 33.9. The van der Waals surface area contributed by atoms with E-state index in [1.807, 2.05) is 34.1 Å². The third-order valence-electron chi connectivity index (χ3n) is 6.42. The largest absolute Gasteiger partial charge is 0.379 e. The van der Waals surface area contributed by atoms with Gasteiger partial charge in [0.1, 0.15) is 0 Å². The van der Waals surface area contributed by atoms with E-state index in [2.05, 4.69) is 9.80 Å². The summed E-state index contributed by atoms with van der Waals surface area (Å²) in [5.74, 6) is 0.285. The predicted octanol–water partition coefficient (Wildman–Crippen LogP) is 1.56. The monoisotopic (exact) mass is 434 g/mol.